The summed E-state index contributed by atoms with van der Waals surface area (Å²) in [6, 6.07) is 2.32. The molecule has 0 amide bonds. The summed E-state index contributed by atoms with van der Waals surface area (Å²) in [6.45, 7) is 2.47. The summed E-state index contributed by atoms with van der Waals surface area (Å²) in [5, 5.41) is 3.07. The minimum absolute atomic E-state index is 0.133. The maximum Gasteiger partial charge on any atom is 0.416 e. The van der Waals surface area contributed by atoms with Crippen LogP contribution < -0.4 is 5.32 Å². The third-order valence-corrected chi connectivity index (χ3v) is 3.18. The van der Waals surface area contributed by atoms with Crippen LogP contribution in [0.15, 0.2) is 18.2 Å². The van der Waals surface area contributed by atoms with Crippen LogP contribution in [0.3, 0.4) is 0 Å². The van der Waals surface area contributed by atoms with Crippen LogP contribution in [0.1, 0.15) is 36.9 Å². The number of alkyl halides is 3. The van der Waals surface area contributed by atoms with Gasteiger partial charge < -0.3 is 5.32 Å². The van der Waals surface area contributed by atoms with E-state index in [2.05, 4.69) is 5.32 Å². The molecule has 0 bridgehead atoms. The average molecular weight is 261 g/mol. The highest BCUT2D eigenvalue weighted by Gasteiger charge is 2.36. The Hall–Kier alpha value is -1.10. The molecule has 0 radical (unpaired) electrons. The van der Waals surface area contributed by atoms with E-state index >= 15 is 0 Å². The summed E-state index contributed by atoms with van der Waals surface area (Å²) in [7, 11) is 0. The summed E-state index contributed by atoms with van der Waals surface area (Å²) < 4.78 is 51.6. The number of nitrogens with one attached hydrogen (secondary N) is 1. The second-order valence-corrected chi connectivity index (χ2v) is 4.61. The summed E-state index contributed by atoms with van der Waals surface area (Å²) >= 11 is 0. The van der Waals surface area contributed by atoms with Crippen molar-refractivity contribution in [3.8, 4) is 0 Å². The van der Waals surface area contributed by atoms with E-state index in [0.29, 0.717) is 6.54 Å². The van der Waals surface area contributed by atoms with Gasteiger partial charge in [0.1, 0.15) is 5.82 Å². The van der Waals surface area contributed by atoms with Crippen LogP contribution in [0.5, 0.6) is 0 Å². The van der Waals surface area contributed by atoms with Gasteiger partial charge in [0.2, 0.25) is 0 Å². The molecule has 0 saturated heterocycles. The van der Waals surface area contributed by atoms with Crippen molar-refractivity contribution in [2.24, 2.45) is 5.92 Å². The van der Waals surface area contributed by atoms with E-state index in [1.54, 1.807) is 0 Å². The van der Waals surface area contributed by atoms with Gasteiger partial charge in [-0.25, -0.2) is 4.39 Å². The Morgan fingerprint density at radius 3 is 2.50 bits per heavy atom. The highest BCUT2D eigenvalue weighted by atomic mass is 19.4. The number of hydrogen-bond donors (Lipinski definition) is 1. The molecule has 1 fully saturated rings. The minimum atomic E-state index is -4.43. The first-order valence-corrected chi connectivity index (χ1v) is 6.03. The molecule has 1 aliphatic rings. The van der Waals surface area contributed by atoms with E-state index in [0.717, 1.165) is 31.0 Å². The van der Waals surface area contributed by atoms with Crippen molar-refractivity contribution in [2.75, 3.05) is 6.54 Å². The smallest absolute Gasteiger partial charge is 0.310 e. The van der Waals surface area contributed by atoms with Gasteiger partial charge in [-0.3, -0.25) is 0 Å². The van der Waals surface area contributed by atoms with Crippen LogP contribution in [0.4, 0.5) is 17.6 Å². The molecule has 1 nitrogen and oxygen atoms in total. The number of hydrogen-bond acceptors (Lipinski definition) is 1. The van der Waals surface area contributed by atoms with Crippen molar-refractivity contribution in [3.05, 3.63) is 35.1 Å². The van der Waals surface area contributed by atoms with E-state index in [1.807, 2.05) is 6.92 Å². The summed E-state index contributed by atoms with van der Waals surface area (Å²) in [6.07, 6.45) is -2.55. The van der Waals surface area contributed by atoms with Crippen LogP contribution in [-0.4, -0.2) is 6.54 Å². The fourth-order valence-corrected chi connectivity index (χ4v) is 2.14. The van der Waals surface area contributed by atoms with Gasteiger partial charge in [-0.05, 0) is 43.5 Å². The van der Waals surface area contributed by atoms with Crippen molar-refractivity contribution in [1.29, 1.82) is 0 Å². The van der Waals surface area contributed by atoms with Gasteiger partial charge in [-0.1, -0.05) is 6.92 Å². The van der Waals surface area contributed by atoms with Gasteiger partial charge in [0.05, 0.1) is 5.56 Å². The third-order valence-electron chi connectivity index (χ3n) is 3.18. The molecule has 1 aromatic rings. The Bertz CT molecular complexity index is 423. The zero-order chi connectivity index (χ0) is 13.3. The molecule has 100 valence electrons. The van der Waals surface area contributed by atoms with Crippen molar-refractivity contribution in [1.82, 2.24) is 5.32 Å². The molecule has 1 saturated carbocycles. The zero-order valence-electron chi connectivity index (χ0n) is 10.0. The van der Waals surface area contributed by atoms with Crippen LogP contribution in [0.25, 0.3) is 0 Å². The quantitative estimate of drug-likeness (QED) is 0.810. The van der Waals surface area contributed by atoms with Gasteiger partial charge in [0.25, 0.3) is 0 Å². The first-order valence-electron chi connectivity index (χ1n) is 6.03. The number of halogens is 4. The molecule has 0 spiro atoms. The van der Waals surface area contributed by atoms with Gasteiger partial charge in [-0.15, -0.1) is 0 Å². The largest absolute Gasteiger partial charge is 0.416 e. The standard InChI is InChI=1S/C13H15F4N/c1-2-18-12(8-3-4-8)10-7-9(13(15,16)17)5-6-11(10)14/h5-8,12,18H,2-4H2,1H3. The van der Waals surface area contributed by atoms with E-state index in [9.17, 15) is 17.6 Å². The van der Waals surface area contributed by atoms with Gasteiger partial charge in [0.15, 0.2) is 0 Å². The first kappa shape index (κ1) is 13.3. The monoisotopic (exact) mass is 261 g/mol. The summed E-state index contributed by atoms with van der Waals surface area (Å²) in [4.78, 5) is 0. The molecule has 2 rings (SSSR count). The Morgan fingerprint density at radius 2 is 2.00 bits per heavy atom. The molecule has 1 aromatic carbocycles. The van der Waals surface area contributed by atoms with Crippen LogP contribution in [0.2, 0.25) is 0 Å². The normalized spacial score (nSPS) is 17.8. The lowest BCUT2D eigenvalue weighted by Gasteiger charge is -2.20. The van der Waals surface area contributed by atoms with Gasteiger partial charge in [0, 0.05) is 11.6 Å². The Labute approximate surface area is 103 Å². The van der Waals surface area contributed by atoms with E-state index in [1.165, 1.54) is 0 Å². The molecule has 18 heavy (non-hydrogen) atoms. The second kappa shape index (κ2) is 4.88. The topological polar surface area (TPSA) is 12.0 Å². The molecule has 0 aromatic heterocycles. The number of benzene rings is 1. The Morgan fingerprint density at radius 1 is 1.33 bits per heavy atom. The molecule has 5 heteroatoms. The van der Waals surface area contributed by atoms with Crippen molar-refractivity contribution < 1.29 is 17.6 Å². The van der Waals surface area contributed by atoms with E-state index in [4.69, 9.17) is 0 Å². The molecular weight excluding hydrogens is 246 g/mol. The maximum atomic E-state index is 13.7. The van der Waals surface area contributed by atoms with Crippen molar-refractivity contribution in [3.63, 3.8) is 0 Å². The Kier molecular flexibility index (Phi) is 3.61. The molecule has 1 aliphatic carbocycles. The maximum absolute atomic E-state index is 13.7. The van der Waals surface area contributed by atoms with Crippen LogP contribution >= 0.6 is 0 Å². The van der Waals surface area contributed by atoms with Crippen molar-refractivity contribution >= 4 is 0 Å². The summed E-state index contributed by atoms with van der Waals surface area (Å²) in [5.41, 5.74) is -0.656. The number of rotatable bonds is 4. The average Bonchev–Trinajstić information content (AvgIpc) is 3.09. The predicted molar refractivity (Wildman–Crippen MR) is 60.5 cm³/mol. The lowest BCUT2D eigenvalue weighted by atomic mass is 9.99. The molecular formula is C13H15F4N. The summed E-state index contributed by atoms with van der Waals surface area (Å²) in [5.74, 6) is -0.316. The lowest BCUT2D eigenvalue weighted by molar-refractivity contribution is -0.137. The SMILES string of the molecule is CCNC(c1cc(C(F)(F)F)ccc1F)C1CC1. The van der Waals surface area contributed by atoms with Gasteiger partial charge in [-0.2, -0.15) is 13.2 Å². The highest BCUT2D eigenvalue weighted by molar-refractivity contribution is 5.30. The zero-order valence-corrected chi connectivity index (χ0v) is 10.0. The van der Waals surface area contributed by atoms with Crippen molar-refractivity contribution in [2.45, 2.75) is 32.0 Å². The fraction of sp³-hybridized carbons (Fsp3) is 0.538. The highest BCUT2D eigenvalue weighted by Crippen LogP contribution is 2.42. The molecule has 0 aliphatic heterocycles. The fourth-order valence-electron chi connectivity index (χ4n) is 2.14. The minimum Gasteiger partial charge on any atom is -0.310 e. The lowest BCUT2D eigenvalue weighted by Crippen LogP contribution is -2.24. The van der Waals surface area contributed by atoms with E-state index < -0.39 is 17.6 Å². The molecule has 1 atom stereocenters. The second-order valence-electron chi connectivity index (χ2n) is 4.61. The van der Waals surface area contributed by atoms with E-state index in [-0.39, 0.29) is 17.5 Å². The predicted octanol–water partition coefficient (Wildman–Crippen LogP) is 3.91. The van der Waals surface area contributed by atoms with Gasteiger partial charge >= 0.3 is 6.18 Å². The van der Waals surface area contributed by atoms with Crippen LogP contribution in [0, 0.1) is 11.7 Å². The van der Waals surface area contributed by atoms with Crippen LogP contribution in [-0.2, 0) is 6.18 Å². The third kappa shape index (κ3) is 2.83. The molecule has 1 N–H and O–H groups in total. The molecule has 0 heterocycles. The first-order chi connectivity index (χ1) is 8.43. The molecule has 1 unspecified atom stereocenters. The Balaban J connectivity index is 2.35.